The molecule has 24 heavy (non-hydrogen) atoms. The minimum absolute atomic E-state index is 0.112. The van der Waals surface area contributed by atoms with Crippen LogP contribution in [0.2, 0.25) is 0 Å². The number of carbonyl (C=O) groups excluding carboxylic acids is 2. The number of anilines is 1. The molecule has 1 atom stereocenters. The predicted octanol–water partition coefficient (Wildman–Crippen LogP) is 2.59. The van der Waals surface area contributed by atoms with E-state index in [4.69, 9.17) is 9.47 Å². The van der Waals surface area contributed by atoms with Gasteiger partial charge < -0.3 is 19.9 Å². The lowest BCUT2D eigenvalue weighted by Crippen LogP contribution is -2.36. The van der Waals surface area contributed by atoms with Gasteiger partial charge in [-0.3, -0.25) is 9.59 Å². The lowest BCUT2D eigenvalue weighted by molar-refractivity contribution is -0.133. The van der Waals surface area contributed by atoms with E-state index in [1.54, 1.807) is 36.4 Å². The van der Waals surface area contributed by atoms with Crippen molar-refractivity contribution in [2.45, 2.75) is 12.0 Å². The van der Waals surface area contributed by atoms with Crippen LogP contribution in [0.1, 0.15) is 22.3 Å². The van der Waals surface area contributed by atoms with E-state index in [1.165, 1.54) is 0 Å². The Kier molecular flexibility index (Phi) is 3.36. The summed E-state index contributed by atoms with van der Waals surface area (Å²) in [4.78, 5) is 24.8. The van der Waals surface area contributed by atoms with Gasteiger partial charge in [-0.05, 0) is 36.4 Å². The molecule has 4 rings (SSSR count). The fraction of sp³-hybridized carbons (Fsp3) is 0.176. The molecular weight excluding hydrogens is 378 g/mol. The van der Waals surface area contributed by atoms with E-state index in [2.05, 4.69) is 21.2 Å². The number of rotatable bonds is 3. The third-order valence-electron chi connectivity index (χ3n) is 4.16. The summed E-state index contributed by atoms with van der Waals surface area (Å²) in [5.41, 5.74) is -0.656. The quantitative estimate of drug-likeness (QED) is 0.788. The third-order valence-corrected chi connectivity index (χ3v) is 4.66. The Hall–Kier alpha value is -2.38. The first-order valence-electron chi connectivity index (χ1n) is 7.24. The van der Waals surface area contributed by atoms with E-state index in [0.29, 0.717) is 32.8 Å². The smallest absolute Gasteiger partial charge is 0.261 e. The second-order valence-electron chi connectivity index (χ2n) is 5.67. The molecule has 0 bridgehead atoms. The lowest BCUT2D eigenvalue weighted by Gasteiger charge is -2.20. The number of nitrogens with one attached hydrogen (secondary N) is 1. The monoisotopic (exact) mass is 389 g/mol. The van der Waals surface area contributed by atoms with Crippen LogP contribution in [0.5, 0.6) is 11.5 Å². The first-order valence-corrected chi connectivity index (χ1v) is 8.03. The molecule has 2 aromatic rings. The normalized spacial score (nSPS) is 20.7. The van der Waals surface area contributed by atoms with Gasteiger partial charge in [-0.15, -0.1) is 0 Å². The average molecular weight is 390 g/mol. The Morgan fingerprint density at radius 3 is 2.83 bits per heavy atom. The number of benzene rings is 2. The number of Topliss-reactive ketones (excluding diaryl/α,β-unsaturated/α-hetero) is 1. The number of hydrogen-bond donors (Lipinski definition) is 2. The molecule has 1 amide bonds. The molecule has 0 unspecified atom stereocenters. The van der Waals surface area contributed by atoms with Gasteiger partial charge >= 0.3 is 0 Å². The summed E-state index contributed by atoms with van der Waals surface area (Å²) in [6, 6.07) is 9.86. The van der Waals surface area contributed by atoms with Crippen LogP contribution in [0.4, 0.5) is 5.69 Å². The van der Waals surface area contributed by atoms with Gasteiger partial charge in [-0.2, -0.15) is 0 Å². The van der Waals surface area contributed by atoms with E-state index < -0.39 is 11.5 Å². The van der Waals surface area contributed by atoms with Gasteiger partial charge in [-0.1, -0.05) is 15.9 Å². The fourth-order valence-corrected chi connectivity index (χ4v) is 3.26. The second-order valence-corrected chi connectivity index (χ2v) is 6.59. The zero-order valence-corrected chi connectivity index (χ0v) is 13.9. The van der Waals surface area contributed by atoms with E-state index in [1.807, 2.05) is 0 Å². The van der Waals surface area contributed by atoms with Crippen molar-refractivity contribution in [2.75, 3.05) is 12.1 Å². The van der Waals surface area contributed by atoms with Crippen LogP contribution in [0, 0.1) is 0 Å². The molecule has 0 fully saturated rings. The fourth-order valence-electron chi connectivity index (χ4n) is 2.90. The topological polar surface area (TPSA) is 84.9 Å². The molecule has 0 saturated heterocycles. The van der Waals surface area contributed by atoms with E-state index >= 15 is 0 Å². The molecule has 0 aromatic heterocycles. The van der Waals surface area contributed by atoms with Gasteiger partial charge in [0.15, 0.2) is 22.9 Å². The maximum Gasteiger partial charge on any atom is 0.261 e. The Morgan fingerprint density at radius 1 is 1.21 bits per heavy atom. The number of ether oxygens (including phenoxy) is 2. The van der Waals surface area contributed by atoms with Crippen molar-refractivity contribution in [3.63, 3.8) is 0 Å². The van der Waals surface area contributed by atoms with Gasteiger partial charge in [0.25, 0.3) is 5.91 Å². The maximum absolute atomic E-state index is 12.6. The average Bonchev–Trinajstić information content (AvgIpc) is 3.11. The predicted molar refractivity (Wildman–Crippen MR) is 88.2 cm³/mol. The molecule has 2 aliphatic rings. The standard InChI is InChI=1S/C17H12BrNO5/c18-10-2-3-12-11(6-10)17(22,16(21)19-12)7-13(20)9-1-4-14-15(5-9)24-8-23-14/h1-6,22H,7-8H2,(H,19,21)/t17-/m0/s1. The van der Waals surface area contributed by atoms with Crippen molar-refractivity contribution in [3.8, 4) is 11.5 Å². The van der Waals surface area contributed by atoms with Gasteiger partial charge in [0.05, 0.1) is 6.42 Å². The molecular formula is C17H12BrNO5. The summed E-state index contributed by atoms with van der Waals surface area (Å²) in [6.07, 6.45) is -0.359. The molecule has 0 aliphatic carbocycles. The van der Waals surface area contributed by atoms with Crippen LogP contribution in [0.3, 0.4) is 0 Å². The maximum atomic E-state index is 12.6. The third kappa shape index (κ3) is 2.28. The van der Waals surface area contributed by atoms with Crippen molar-refractivity contribution in [1.82, 2.24) is 0 Å². The highest BCUT2D eigenvalue weighted by Crippen LogP contribution is 2.41. The van der Waals surface area contributed by atoms with E-state index in [0.717, 1.165) is 0 Å². The number of carbonyl (C=O) groups is 2. The van der Waals surface area contributed by atoms with Gasteiger partial charge in [0, 0.05) is 21.3 Å². The summed E-state index contributed by atoms with van der Waals surface area (Å²) in [6.45, 7) is 0.112. The molecule has 2 aliphatic heterocycles. The molecule has 7 heteroatoms. The molecule has 2 N–H and O–H groups in total. The minimum atomic E-state index is -1.90. The first kappa shape index (κ1) is 15.2. The summed E-state index contributed by atoms with van der Waals surface area (Å²) < 4.78 is 11.2. The highest BCUT2D eigenvalue weighted by atomic mass is 79.9. The van der Waals surface area contributed by atoms with E-state index in [-0.39, 0.29) is 19.0 Å². The molecule has 0 spiro atoms. The molecule has 6 nitrogen and oxygen atoms in total. The number of fused-ring (bicyclic) bond motifs is 2. The van der Waals surface area contributed by atoms with Crippen molar-refractivity contribution in [1.29, 1.82) is 0 Å². The van der Waals surface area contributed by atoms with Crippen LogP contribution >= 0.6 is 15.9 Å². The number of hydrogen-bond acceptors (Lipinski definition) is 5. The minimum Gasteiger partial charge on any atom is -0.454 e. The Morgan fingerprint density at radius 2 is 2.00 bits per heavy atom. The van der Waals surface area contributed by atoms with Crippen LogP contribution in [-0.4, -0.2) is 23.6 Å². The number of ketones is 1. The molecule has 122 valence electrons. The van der Waals surface area contributed by atoms with Crippen molar-refractivity contribution >= 4 is 33.3 Å². The summed E-state index contributed by atoms with van der Waals surface area (Å²) >= 11 is 3.32. The zero-order chi connectivity index (χ0) is 16.9. The highest BCUT2D eigenvalue weighted by molar-refractivity contribution is 9.10. The summed E-state index contributed by atoms with van der Waals surface area (Å²) in [5, 5.41) is 13.5. The van der Waals surface area contributed by atoms with E-state index in [9.17, 15) is 14.7 Å². The second kappa shape index (κ2) is 5.32. The van der Waals surface area contributed by atoms with Crippen LogP contribution in [-0.2, 0) is 10.4 Å². The largest absolute Gasteiger partial charge is 0.454 e. The summed E-state index contributed by atoms with van der Waals surface area (Å²) in [7, 11) is 0. The number of halogens is 1. The molecule has 2 aromatic carbocycles. The SMILES string of the molecule is O=C(C[C@@]1(O)C(=O)Nc2ccc(Br)cc21)c1ccc2c(c1)OCO2. The Labute approximate surface area is 145 Å². The molecule has 2 heterocycles. The van der Waals surface area contributed by atoms with Gasteiger partial charge in [-0.25, -0.2) is 0 Å². The molecule has 0 saturated carbocycles. The first-order chi connectivity index (χ1) is 11.5. The number of aliphatic hydroxyl groups is 1. The van der Waals surface area contributed by atoms with Crippen molar-refractivity contribution in [3.05, 3.63) is 52.0 Å². The van der Waals surface area contributed by atoms with Crippen molar-refractivity contribution in [2.24, 2.45) is 0 Å². The molecule has 0 radical (unpaired) electrons. The number of amides is 1. The van der Waals surface area contributed by atoms with Gasteiger partial charge in [0.2, 0.25) is 6.79 Å². The summed E-state index contributed by atoms with van der Waals surface area (Å²) in [5.74, 6) is 0.0773. The van der Waals surface area contributed by atoms with Gasteiger partial charge in [0.1, 0.15) is 0 Å². The van der Waals surface area contributed by atoms with Crippen LogP contribution in [0.25, 0.3) is 0 Å². The van der Waals surface area contributed by atoms with Crippen LogP contribution in [0.15, 0.2) is 40.9 Å². The van der Waals surface area contributed by atoms with Crippen molar-refractivity contribution < 1.29 is 24.2 Å². The lowest BCUT2D eigenvalue weighted by atomic mass is 9.88. The Bertz CT molecular complexity index is 881. The highest BCUT2D eigenvalue weighted by Gasteiger charge is 2.47. The van der Waals surface area contributed by atoms with Crippen LogP contribution < -0.4 is 14.8 Å². The zero-order valence-electron chi connectivity index (χ0n) is 12.3. The Balaban J connectivity index is 1.66.